The van der Waals surface area contributed by atoms with Gasteiger partial charge in [0.05, 0.1) is 35.4 Å². The van der Waals surface area contributed by atoms with Crippen molar-refractivity contribution in [2.45, 2.75) is 18.5 Å². The number of benzene rings is 2. The molecule has 1 amide bonds. The van der Waals surface area contributed by atoms with Gasteiger partial charge in [-0.25, -0.2) is 0 Å². The van der Waals surface area contributed by atoms with Crippen LogP contribution in [-0.2, 0) is 4.79 Å². The van der Waals surface area contributed by atoms with Crippen molar-refractivity contribution in [3.63, 3.8) is 0 Å². The van der Waals surface area contributed by atoms with Gasteiger partial charge in [0.25, 0.3) is 5.69 Å². The average molecular weight is 544 g/mol. The van der Waals surface area contributed by atoms with E-state index in [1.807, 2.05) is 59.5 Å². The summed E-state index contributed by atoms with van der Waals surface area (Å²) in [5.41, 5.74) is 1.99. The van der Waals surface area contributed by atoms with Crippen LogP contribution in [0.1, 0.15) is 30.0 Å². The number of thiocarbonyl (C=S) groups is 1. The molecule has 10 nitrogen and oxygen atoms in total. The number of nitrogens with one attached hydrogen (secondary N) is 2. The SMILES string of the molecule is COc1cc([N+](=O)[O-])ccc1-c1ccc(C2C(c3ccccn3)NC(=S)N2CCC(=O)Nc2ccccc2)o1. The van der Waals surface area contributed by atoms with Crippen LogP contribution in [0, 0.1) is 10.1 Å². The molecule has 2 N–H and O–H groups in total. The highest BCUT2D eigenvalue weighted by atomic mass is 32.1. The third kappa shape index (κ3) is 5.58. The van der Waals surface area contributed by atoms with Crippen LogP contribution in [0.15, 0.2) is 89.5 Å². The quantitative estimate of drug-likeness (QED) is 0.165. The molecule has 2 atom stereocenters. The molecule has 0 radical (unpaired) electrons. The van der Waals surface area contributed by atoms with E-state index in [-0.39, 0.29) is 24.1 Å². The van der Waals surface area contributed by atoms with E-state index in [4.69, 9.17) is 21.4 Å². The zero-order chi connectivity index (χ0) is 27.4. The number of rotatable bonds is 9. The maximum absolute atomic E-state index is 12.7. The Labute approximate surface area is 229 Å². The fourth-order valence-electron chi connectivity index (χ4n) is 4.58. The van der Waals surface area contributed by atoms with Crippen LogP contribution in [0.3, 0.4) is 0 Å². The molecular formula is C28H25N5O5S. The van der Waals surface area contributed by atoms with Gasteiger partial charge in [-0.05, 0) is 54.7 Å². The van der Waals surface area contributed by atoms with Crippen molar-refractivity contribution in [3.8, 4) is 17.1 Å². The summed E-state index contributed by atoms with van der Waals surface area (Å²) in [5.74, 6) is 1.26. The summed E-state index contributed by atoms with van der Waals surface area (Å²) in [6, 6.07) is 22.2. The van der Waals surface area contributed by atoms with Gasteiger partial charge in [0.15, 0.2) is 5.11 Å². The highest BCUT2D eigenvalue weighted by Crippen LogP contribution is 2.42. The lowest BCUT2D eigenvalue weighted by molar-refractivity contribution is -0.384. The Morgan fingerprint density at radius 2 is 1.95 bits per heavy atom. The van der Waals surface area contributed by atoms with Gasteiger partial charge in [0.1, 0.15) is 23.3 Å². The third-order valence-corrected chi connectivity index (χ3v) is 6.77. The number of pyridine rings is 1. The predicted molar refractivity (Wildman–Crippen MR) is 149 cm³/mol. The molecule has 1 aliphatic heterocycles. The lowest BCUT2D eigenvalue weighted by Crippen LogP contribution is -2.32. The minimum atomic E-state index is -0.478. The molecule has 0 aliphatic carbocycles. The highest BCUT2D eigenvalue weighted by molar-refractivity contribution is 7.80. The van der Waals surface area contributed by atoms with E-state index in [1.165, 1.54) is 19.2 Å². The average Bonchev–Trinajstić information content (AvgIpc) is 3.57. The molecule has 2 aromatic heterocycles. The number of hydrogen-bond acceptors (Lipinski definition) is 7. The van der Waals surface area contributed by atoms with Gasteiger partial charge < -0.3 is 24.7 Å². The molecule has 11 heteroatoms. The number of nitro groups is 1. The van der Waals surface area contributed by atoms with E-state index in [0.29, 0.717) is 34.5 Å². The Balaban J connectivity index is 1.43. The number of aromatic nitrogens is 1. The molecule has 1 aliphatic rings. The van der Waals surface area contributed by atoms with Gasteiger partial charge in [-0.3, -0.25) is 19.9 Å². The molecule has 3 heterocycles. The van der Waals surface area contributed by atoms with Gasteiger partial charge in [-0.1, -0.05) is 24.3 Å². The van der Waals surface area contributed by atoms with Crippen molar-refractivity contribution in [1.82, 2.24) is 15.2 Å². The number of hydrogen-bond donors (Lipinski definition) is 2. The number of para-hydroxylation sites is 1. The Morgan fingerprint density at radius 3 is 2.67 bits per heavy atom. The van der Waals surface area contributed by atoms with E-state index >= 15 is 0 Å². The molecular weight excluding hydrogens is 518 g/mol. The fourth-order valence-corrected chi connectivity index (χ4v) is 4.91. The molecule has 198 valence electrons. The summed E-state index contributed by atoms with van der Waals surface area (Å²) in [6.07, 6.45) is 1.91. The summed E-state index contributed by atoms with van der Waals surface area (Å²) < 4.78 is 11.7. The summed E-state index contributed by atoms with van der Waals surface area (Å²) in [4.78, 5) is 29.9. The second-order valence-corrected chi connectivity index (χ2v) is 9.21. The van der Waals surface area contributed by atoms with Crippen molar-refractivity contribution < 1.29 is 18.9 Å². The van der Waals surface area contributed by atoms with E-state index in [9.17, 15) is 14.9 Å². The van der Waals surface area contributed by atoms with Crippen LogP contribution in [-0.4, -0.2) is 39.5 Å². The largest absolute Gasteiger partial charge is 0.496 e. The molecule has 4 aromatic rings. The third-order valence-electron chi connectivity index (χ3n) is 6.41. The number of carbonyl (C=O) groups excluding carboxylic acids is 1. The van der Waals surface area contributed by atoms with Crippen LogP contribution >= 0.6 is 12.2 Å². The molecule has 1 fully saturated rings. The van der Waals surface area contributed by atoms with Gasteiger partial charge in [-0.15, -0.1) is 0 Å². The van der Waals surface area contributed by atoms with Gasteiger partial charge >= 0.3 is 0 Å². The molecule has 39 heavy (non-hydrogen) atoms. The maximum atomic E-state index is 12.7. The van der Waals surface area contributed by atoms with E-state index in [1.54, 1.807) is 18.3 Å². The number of anilines is 1. The second kappa shape index (κ2) is 11.3. The summed E-state index contributed by atoms with van der Waals surface area (Å²) >= 11 is 5.68. The Hall–Kier alpha value is -4.77. The summed E-state index contributed by atoms with van der Waals surface area (Å²) in [5, 5.41) is 17.9. The standard InChI is InChI=1S/C28H25N5O5S/c1-37-24-17-19(33(35)36)10-11-20(24)22-12-13-23(38-22)27-26(21-9-5-6-15-29-21)31-28(39)32(27)16-14-25(34)30-18-7-3-2-4-8-18/h2-13,15,17,26-27H,14,16H2,1H3,(H,30,34)(H,31,39). The molecule has 0 spiro atoms. The number of furan rings is 1. The smallest absolute Gasteiger partial charge is 0.273 e. The van der Waals surface area contributed by atoms with Crippen LogP contribution < -0.4 is 15.4 Å². The lowest BCUT2D eigenvalue weighted by atomic mass is 10.0. The first kappa shape index (κ1) is 25.9. The van der Waals surface area contributed by atoms with Crippen molar-refractivity contribution in [1.29, 1.82) is 0 Å². The molecule has 2 unspecified atom stereocenters. The molecule has 0 saturated carbocycles. The number of nitro benzene ring substituents is 1. The minimum absolute atomic E-state index is 0.0807. The Bertz CT molecular complexity index is 1490. The number of non-ortho nitro benzene ring substituents is 1. The lowest BCUT2D eigenvalue weighted by Gasteiger charge is -2.25. The van der Waals surface area contributed by atoms with Crippen LogP contribution in [0.5, 0.6) is 5.75 Å². The number of carbonyl (C=O) groups is 1. The number of ether oxygens (including phenoxy) is 1. The monoisotopic (exact) mass is 543 g/mol. The van der Waals surface area contributed by atoms with Crippen molar-refractivity contribution in [2.75, 3.05) is 19.0 Å². The van der Waals surface area contributed by atoms with Crippen LogP contribution in [0.2, 0.25) is 0 Å². The van der Waals surface area contributed by atoms with E-state index in [2.05, 4.69) is 15.6 Å². The summed E-state index contributed by atoms with van der Waals surface area (Å²) in [6.45, 7) is 0.343. The number of amides is 1. The molecule has 1 saturated heterocycles. The predicted octanol–water partition coefficient (Wildman–Crippen LogP) is 5.26. The topological polar surface area (TPSA) is 123 Å². The normalized spacial score (nSPS) is 16.5. The first-order chi connectivity index (χ1) is 18.9. The zero-order valence-electron chi connectivity index (χ0n) is 20.9. The second-order valence-electron chi connectivity index (χ2n) is 8.83. The molecule has 5 rings (SSSR count). The van der Waals surface area contributed by atoms with Crippen molar-refractivity contribution in [2.24, 2.45) is 0 Å². The Morgan fingerprint density at radius 1 is 1.15 bits per heavy atom. The first-order valence-corrected chi connectivity index (χ1v) is 12.6. The first-order valence-electron chi connectivity index (χ1n) is 12.2. The summed E-state index contributed by atoms with van der Waals surface area (Å²) in [7, 11) is 1.45. The van der Waals surface area contributed by atoms with Crippen molar-refractivity contribution in [3.05, 3.63) is 107 Å². The van der Waals surface area contributed by atoms with Crippen LogP contribution in [0.25, 0.3) is 11.3 Å². The minimum Gasteiger partial charge on any atom is -0.496 e. The van der Waals surface area contributed by atoms with Gasteiger partial charge in [0.2, 0.25) is 5.91 Å². The van der Waals surface area contributed by atoms with Gasteiger partial charge in [0, 0.05) is 30.9 Å². The number of methoxy groups -OCH3 is 1. The molecule has 2 aromatic carbocycles. The van der Waals surface area contributed by atoms with Gasteiger partial charge in [-0.2, -0.15) is 0 Å². The highest BCUT2D eigenvalue weighted by Gasteiger charge is 2.41. The maximum Gasteiger partial charge on any atom is 0.273 e. The zero-order valence-corrected chi connectivity index (χ0v) is 21.8. The molecule has 0 bridgehead atoms. The number of nitrogens with zero attached hydrogens (tertiary/aromatic N) is 3. The Kier molecular flexibility index (Phi) is 7.50. The van der Waals surface area contributed by atoms with Crippen molar-refractivity contribution >= 4 is 34.6 Å². The van der Waals surface area contributed by atoms with E-state index in [0.717, 1.165) is 11.4 Å². The van der Waals surface area contributed by atoms with E-state index < -0.39 is 11.0 Å². The fraction of sp³-hybridized carbons (Fsp3) is 0.179. The van der Waals surface area contributed by atoms with Crippen LogP contribution in [0.4, 0.5) is 11.4 Å².